The zero-order valence-electron chi connectivity index (χ0n) is 14.7. The predicted molar refractivity (Wildman–Crippen MR) is 103 cm³/mol. The van der Waals surface area contributed by atoms with Gasteiger partial charge in [0.05, 0.1) is 6.61 Å². The van der Waals surface area contributed by atoms with Crippen LogP contribution in [0.25, 0.3) is 21.9 Å². The summed E-state index contributed by atoms with van der Waals surface area (Å²) < 4.78 is 11.3. The van der Waals surface area contributed by atoms with Gasteiger partial charge < -0.3 is 9.47 Å². The molecule has 0 saturated heterocycles. The summed E-state index contributed by atoms with van der Waals surface area (Å²) in [5.41, 5.74) is 5.13. The molecule has 1 atom stereocenters. The standard InChI is InChI=1S/C23H20O3/c1-15(2)23(24)26-14-13-25-22-19-10-4-3-9-17(19)18-11-5-7-16-8-6-12-20(22)21(16)18/h3-12,22H,1,13-14H2,2H3. The average Bonchev–Trinajstić information content (AvgIpc) is 2.67. The molecule has 0 radical (unpaired) electrons. The minimum absolute atomic E-state index is 0.173. The Kier molecular flexibility index (Phi) is 4.31. The Morgan fingerprint density at radius 3 is 2.42 bits per heavy atom. The molecule has 130 valence electrons. The van der Waals surface area contributed by atoms with E-state index >= 15 is 0 Å². The number of rotatable bonds is 5. The quantitative estimate of drug-likeness (QED) is 0.369. The lowest BCUT2D eigenvalue weighted by Gasteiger charge is -2.28. The molecule has 3 heteroatoms. The van der Waals surface area contributed by atoms with Crippen molar-refractivity contribution in [3.8, 4) is 11.1 Å². The van der Waals surface area contributed by atoms with E-state index in [1.807, 2.05) is 6.07 Å². The van der Waals surface area contributed by atoms with Crippen molar-refractivity contribution in [2.75, 3.05) is 13.2 Å². The Balaban J connectivity index is 1.68. The number of carbonyl (C=O) groups excluding carboxylic acids is 1. The van der Waals surface area contributed by atoms with E-state index in [0.29, 0.717) is 12.2 Å². The first-order chi connectivity index (χ1) is 12.7. The fourth-order valence-corrected chi connectivity index (χ4v) is 3.55. The van der Waals surface area contributed by atoms with E-state index in [9.17, 15) is 4.79 Å². The van der Waals surface area contributed by atoms with Crippen LogP contribution >= 0.6 is 0 Å². The van der Waals surface area contributed by atoms with Crippen molar-refractivity contribution < 1.29 is 14.3 Å². The third-order valence-electron chi connectivity index (χ3n) is 4.70. The summed E-state index contributed by atoms with van der Waals surface area (Å²) in [6, 6.07) is 21.0. The van der Waals surface area contributed by atoms with Crippen molar-refractivity contribution in [2.45, 2.75) is 13.0 Å². The summed E-state index contributed by atoms with van der Waals surface area (Å²) in [7, 11) is 0. The zero-order valence-corrected chi connectivity index (χ0v) is 14.7. The van der Waals surface area contributed by atoms with Crippen molar-refractivity contribution >= 4 is 16.7 Å². The summed E-state index contributed by atoms with van der Waals surface area (Å²) >= 11 is 0. The molecule has 1 unspecified atom stereocenters. The molecule has 0 aliphatic heterocycles. The fourth-order valence-electron chi connectivity index (χ4n) is 3.55. The van der Waals surface area contributed by atoms with Gasteiger partial charge in [-0.15, -0.1) is 0 Å². The van der Waals surface area contributed by atoms with Crippen LogP contribution in [0.3, 0.4) is 0 Å². The van der Waals surface area contributed by atoms with Crippen LogP contribution in [0.15, 0.2) is 72.8 Å². The van der Waals surface area contributed by atoms with Gasteiger partial charge in [0.1, 0.15) is 12.7 Å². The van der Waals surface area contributed by atoms with E-state index in [0.717, 1.165) is 11.1 Å². The Bertz CT molecular complexity index is 998. The van der Waals surface area contributed by atoms with E-state index in [1.54, 1.807) is 6.92 Å². The van der Waals surface area contributed by atoms with Crippen molar-refractivity contribution in [1.82, 2.24) is 0 Å². The van der Waals surface area contributed by atoms with Gasteiger partial charge in [-0.05, 0) is 39.9 Å². The summed E-state index contributed by atoms with van der Waals surface area (Å²) in [5, 5.41) is 2.44. The predicted octanol–water partition coefficient (Wildman–Crippen LogP) is 5.05. The molecule has 0 fully saturated rings. The summed E-state index contributed by atoms with van der Waals surface area (Å²) in [6.45, 7) is 5.77. The molecule has 26 heavy (non-hydrogen) atoms. The second-order valence-corrected chi connectivity index (χ2v) is 6.51. The molecule has 0 amide bonds. The number of fused-ring (bicyclic) bond motifs is 2. The first-order valence-corrected chi connectivity index (χ1v) is 8.72. The molecule has 3 aromatic rings. The molecule has 0 N–H and O–H groups in total. The topological polar surface area (TPSA) is 35.5 Å². The maximum atomic E-state index is 11.5. The van der Waals surface area contributed by atoms with Gasteiger partial charge in [-0.25, -0.2) is 4.79 Å². The van der Waals surface area contributed by atoms with Gasteiger partial charge >= 0.3 is 5.97 Å². The Morgan fingerprint density at radius 2 is 1.62 bits per heavy atom. The van der Waals surface area contributed by atoms with Gasteiger partial charge in [0.2, 0.25) is 0 Å². The van der Waals surface area contributed by atoms with Gasteiger partial charge in [0.15, 0.2) is 0 Å². The highest BCUT2D eigenvalue weighted by Crippen LogP contribution is 2.45. The Hall–Kier alpha value is -2.91. The molecule has 1 aliphatic carbocycles. The van der Waals surface area contributed by atoms with E-state index in [1.165, 1.54) is 21.9 Å². The van der Waals surface area contributed by atoms with E-state index in [2.05, 4.69) is 61.2 Å². The van der Waals surface area contributed by atoms with Crippen molar-refractivity contribution in [3.05, 3.63) is 83.9 Å². The average molecular weight is 344 g/mol. The fraction of sp³-hybridized carbons (Fsp3) is 0.174. The molecule has 0 heterocycles. The van der Waals surface area contributed by atoms with Crippen LogP contribution in [-0.2, 0) is 14.3 Å². The number of benzene rings is 3. The zero-order chi connectivity index (χ0) is 18.1. The van der Waals surface area contributed by atoms with E-state index < -0.39 is 0 Å². The monoisotopic (exact) mass is 344 g/mol. The van der Waals surface area contributed by atoms with Crippen molar-refractivity contribution in [2.24, 2.45) is 0 Å². The third kappa shape index (κ3) is 2.80. The molecule has 3 nitrogen and oxygen atoms in total. The molecular formula is C23H20O3. The van der Waals surface area contributed by atoms with Gasteiger partial charge in [-0.2, -0.15) is 0 Å². The van der Waals surface area contributed by atoms with Crippen LogP contribution in [0, 0.1) is 0 Å². The largest absolute Gasteiger partial charge is 0.460 e. The van der Waals surface area contributed by atoms with Crippen LogP contribution in [0.5, 0.6) is 0 Å². The summed E-state index contributed by atoms with van der Waals surface area (Å²) in [6.07, 6.45) is -0.173. The van der Waals surface area contributed by atoms with Crippen LogP contribution in [-0.4, -0.2) is 19.2 Å². The summed E-state index contributed by atoms with van der Waals surface area (Å²) in [5.74, 6) is -0.384. The van der Waals surface area contributed by atoms with Crippen LogP contribution in [0.4, 0.5) is 0 Å². The number of carbonyl (C=O) groups is 1. The second-order valence-electron chi connectivity index (χ2n) is 6.51. The first-order valence-electron chi connectivity index (χ1n) is 8.72. The van der Waals surface area contributed by atoms with E-state index in [4.69, 9.17) is 9.47 Å². The summed E-state index contributed by atoms with van der Waals surface area (Å²) in [4.78, 5) is 11.5. The Morgan fingerprint density at radius 1 is 0.923 bits per heavy atom. The third-order valence-corrected chi connectivity index (χ3v) is 4.70. The SMILES string of the molecule is C=C(C)C(=O)OCCOC1c2ccccc2-c2cccc3cccc1c23. The lowest BCUT2D eigenvalue weighted by molar-refractivity contribution is -0.140. The maximum absolute atomic E-state index is 11.5. The number of hydrogen-bond donors (Lipinski definition) is 0. The molecule has 0 bridgehead atoms. The lowest BCUT2D eigenvalue weighted by Crippen LogP contribution is -2.16. The smallest absolute Gasteiger partial charge is 0.333 e. The second kappa shape index (κ2) is 6.77. The minimum Gasteiger partial charge on any atom is -0.460 e. The van der Waals surface area contributed by atoms with Gasteiger partial charge in [-0.1, -0.05) is 67.2 Å². The molecular weight excluding hydrogens is 324 g/mol. The number of ether oxygens (including phenoxy) is 2. The van der Waals surface area contributed by atoms with Crippen LogP contribution < -0.4 is 0 Å². The molecule has 0 saturated carbocycles. The van der Waals surface area contributed by atoms with E-state index in [-0.39, 0.29) is 18.7 Å². The lowest BCUT2D eigenvalue weighted by atomic mass is 9.82. The van der Waals surface area contributed by atoms with Crippen LogP contribution in [0.2, 0.25) is 0 Å². The normalized spacial score (nSPS) is 14.7. The Labute approximate surface area is 152 Å². The minimum atomic E-state index is -0.384. The van der Waals surface area contributed by atoms with Gasteiger partial charge in [0.25, 0.3) is 0 Å². The van der Waals surface area contributed by atoms with Gasteiger partial charge in [0, 0.05) is 5.57 Å². The maximum Gasteiger partial charge on any atom is 0.333 e. The first kappa shape index (κ1) is 16.6. The highest BCUT2D eigenvalue weighted by Gasteiger charge is 2.27. The highest BCUT2D eigenvalue weighted by atomic mass is 16.6. The molecule has 4 rings (SSSR count). The van der Waals surface area contributed by atoms with Crippen molar-refractivity contribution in [3.63, 3.8) is 0 Å². The van der Waals surface area contributed by atoms with Crippen LogP contribution in [0.1, 0.15) is 24.2 Å². The van der Waals surface area contributed by atoms with Gasteiger partial charge in [-0.3, -0.25) is 0 Å². The molecule has 1 aliphatic rings. The molecule has 0 aromatic heterocycles. The molecule has 3 aromatic carbocycles. The molecule has 0 spiro atoms. The number of hydrogen-bond acceptors (Lipinski definition) is 3. The number of esters is 1. The van der Waals surface area contributed by atoms with Crippen molar-refractivity contribution in [1.29, 1.82) is 0 Å². The highest BCUT2D eigenvalue weighted by molar-refractivity contribution is 6.02.